The van der Waals surface area contributed by atoms with Crippen LogP contribution in [0, 0.1) is 0 Å². The molecular weight excluding hydrogens is 330 g/mol. The maximum absolute atomic E-state index is 12.1. The van der Waals surface area contributed by atoms with Gasteiger partial charge in [0.05, 0.1) is 5.56 Å². The number of ketones is 1. The van der Waals surface area contributed by atoms with Crippen LogP contribution < -0.4 is 10.6 Å². The van der Waals surface area contributed by atoms with Crippen molar-refractivity contribution < 1.29 is 14.4 Å². The first-order valence-corrected chi connectivity index (χ1v) is 8.31. The summed E-state index contributed by atoms with van der Waals surface area (Å²) in [5.74, 6) is -0.956. The van der Waals surface area contributed by atoms with Crippen molar-refractivity contribution in [1.29, 1.82) is 0 Å². The van der Waals surface area contributed by atoms with Gasteiger partial charge in [0, 0.05) is 48.5 Å². The number of amides is 1. The number of hydrogen-bond acceptors (Lipinski definition) is 4. The summed E-state index contributed by atoms with van der Waals surface area (Å²) >= 11 is 0. The summed E-state index contributed by atoms with van der Waals surface area (Å²) in [5, 5.41) is 1.08. The number of nitrogens with zero attached hydrogens (tertiary/aromatic N) is 2. The number of aromatic nitrogens is 1. The number of likely N-dealkylation sites (N-methyl/N-ethyl adjacent to an activating group) is 1. The van der Waals surface area contributed by atoms with Crippen molar-refractivity contribution in [2.24, 2.45) is 0 Å². The molecule has 1 aliphatic rings. The summed E-state index contributed by atoms with van der Waals surface area (Å²) in [5.41, 5.74) is 1.05. The standard InChI is InChI=1S/C13H17N3O2.C7H6O/c1-9-10(2)14-8-11(9)12(17)13(18)16-6-4-15(3)5-7-16;8-6-7-4-2-1-3-5-7/h8,14H,1-2,4-7H2,3H3;1-6H. The summed E-state index contributed by atoms with van der Waals surface area (Å²) in [7, 11) is 2.00. The van der Waals surface area contributed by atoms with E-state index in [2.05, 4.69) is 23.0 Å². The van der Waals surface area contributed by atoms with Gasteiger partial charge < -0.3 is 14.8 Å². The SMILES string of the molecule is C=c1[nH]cc(C(=O)C(=O)N2CCN(C)CC2)c1=C.O=Cc1ccccc1. The fourth-order valence-electron chi connectivity index (χ4n) is 2.50. The first-order chi connectivity index (χ1) is 12.4. The molecule has 1 N–H and O–H groups in total. The number of carbonyl (C=O) groups excluding carboxylic acids is 3. The topological polar surface area (TPSA) is 73.5 Å². The zero-order valence-electron chi connectivity index (χ0n) is 14.9. The van der Waals surface area contributed by atoms with Gasteiger partial charge in [-0.25, -0.2) is 0 Å². The molecule has 2 heterocycles. The lowest BCUT2D eigenvalue weighted by Crippen LogP contribution is -2.49. The molecule has 0 saturated carbocycles. The second-order valence-corrected chi connectivity index (χ2v) is 6.11. The van der Waals surface area contributed by atoms with Crippen molar-refractivity contribution in [3.8, 4) is 0 Å². The molecule has 2 aromatic rings. The highest BCUT2D eigenvalue weighted by atomic mass is 16.2. The number of benzene rings is 1. The first kappa shape index (κ1) is 19.3. The van der Waals surface area contributed by atoms with Crippen LogP contribution in [0.4, 0.5) is 0 Å². The lowest BCUT2D eigenvalue weighted by molar-refractivity contribution is -0.127. The molecule has 6 nitrogen and oxygen atoms in total. The third kappa shape index (κ3) is 4.77. The molecule has 136 valence electrons. The van der Waals surface area contributed by atoms with E-state index in [1.807, 2.05) is 25.2 Å². The highest BCUT2D eigenvalue weighted by molar-refractivity contribution is 6.42. The predicted molar refractivity (Wildman–Crippen MR) is 101 cm³/mol. The van der Waals surface area contributed by atoms with Gasteiger partial charge in [-0.3, -0.25) is 14.4 Å². The molecule has 1 saturated heterocycles. The molecule has 0 radical (unpaired) electrons. The maximum Gasteiger partial charge on any atom is 0.295 e. The van der Waals surface area contributed by atoms with E-state index in [0.717, 1.165) is 24.9 Å². The minimum atomic E-state index is -0.504. The molecule has 0 bridgehead atoms. The molecule has 0 unspecified atom stereocenters. The molecule has 6 heteroatoms. The third-order valence-corrected chi connectivity index (χ3v) is 4.25. The molecule has 1 fully saturated rings. The Morgan fingerprint density at radius 3 is 2.15 bits per heavy atom. The molecule has 1 amide bonds. The van der Waals surface area contributed by atoms with E-state index < -0.39 is 11.7 Å². The summed E-state index contributed by atoms with van der Waals surface area (Å²) in [4.78, 5) is 40.7. The van der Waals surface area contributed by atoms with Gasteiger partial charge in [0.15, 0.2) is 0 Å². The molecule has 1 aliphatic heterocycles. The Kier molecular flexibility index (Phi) is 6.63. The second kappa shape index (κ2) is 8.92. The van der Waals surface area contributed by atoms with Crippen LogP contribution in [-0.4, -0.2) is 66.0 Å². The molecule has 26 heavy (non-hydrogen) atoms. The monoisotopic (exact) mass is 353 g/mol. The van der Waals surface area contributed by atoms with E-state index in [1.54, 1.807) is 17.0 Å². The smallest absolute Gasteiger partial charge is 0.295 e. The van der Waals surface area contributed by atoms with Crippen LogP contribution in [0.3, 0.4) is 0 Å². The molecule has 0 spiro atoms. The van der Waals surface area contributed by atoms with Crippen LogP contribution in [0.1, 0.15) is 20.7 Å². The lowest BCUT2D eigenvalue weighted by atomic mass is 10.1. The van der Waals surface area contributed by atoms with Crippen molar-refractivity contribution in [3.63, 3.8) is 0 Å². The largest absolute Gasteiger partial charge is 0.361 e. The summed E-state index contributed by atoms with van der Waals surface area (Å²) in [6.45, 7) is 10.2. The Balaban J connectivity index is 0.000000254. The van der Waals surface area contributed by atoms with E-state index in [4.69, 9.17) is 0 Å². The fourth-order valence-corrected chi connectivity index (χ4v) is 2.50. The van der Waals surface area contributed by atoms with E-state index in [1.165, 1.54) is 6.20 Å². The van der Waals surface area contributed by atoms with Gasteiger partial charge >= 0.3 is 0 Å². The Morgan fingerprint density at radius 1 is 1.08 bits per heavy atom. The number of carbonyl (C=O) groups is 3. The van der Waals surface area contributed by atoms with Gasteiger partial charge in [-0.2, -0.15) is 0 Å². The highest BCUT2D eigenvalue weighted by Gasteiger charge is 2.26. The number of nitrogens with one attached hydrogen (secondary N) is 1. The van der Waals surface area contributed by atoms with Crippen LogP contribution >= 0.6 is 0 Å². The van der Waals surface area contributed by atoms with Gasteiger partial charge in [0.25, 0.3) is 11.7 Å². The van der Waals surface area contributed by atoms with Gasteiger partial charge in [0.1, 0.15) is 6.29 Å². The Labute approximate surface area is 152 Å². The van der Waals surface area contributed by atoms with Crippen molar-refractivity contribution in [2.75, 3.05) is 33.2 Å². The van der Waals surface area contributed by atoms with Gasteiger partial charge in [-0.15, -0.1) is 0 Å². The minimum Gasteiger partial charge on any atom is -0.361 e. The number of piperazine rings is 1. The number of aldehydes is 1. The number of Topliss-reactive ketones (excluding diaryl/α,β-unsaturated/α-hetero) is 1. The van der Waals surface area contributed by atoms with Gasteiger partial charge in [0.2, 0.25) is 0 Å². The van der Waals surface area contributed by atoms with E-state index in [9.17, 15) is 14.4 Å². The summed E-state index contributed by atoms with van der Waals surface area (Å²) < 4.78 is 0. The molecule has 1 aromatic carbocycles. The van der Waals surface area contributed by atoms with Crippen molar-refractivity contribution in [3.05, 3.63) is 58.2 Å². The molecular formula is C20H23N3O3. The Bertz CT molecular complexity index is 865. The first-order valence-electron chi connectivity index (χ1n) is 8.31. The normalized spacial score (nSPS) is 14.3. The lowest BCUT2D eigenvalue weighted by Gasteiger charge is -2.31. The molecule has 0 atom stereocenters. The highest BCUT2D eigenvalue weighted by Crippen LogP contribution is 2.03. The molecule has 3 rings (SSSR count). The third-order valence-electron chi connectivity index (χ3n) is 4.25. The van der Waals surface area contributed by atoms with Gasteiger partial charge in [-0.05, 0) is 7.05 Å². The average Bonchev–Trinajstić information content (AvgIpc) is 3.01. The van der Waals surface area contributed by atoms with Crippen LogP contribution in [0.2, 0.25) is 0 Å². The van der Waals surface area contributed by atoms with Crippen LogP contribution in [-0.2, 0) is 4.79 Å². The predicted octanol–water partition coefficient (Wildman–Crippen LogP) is 0.291. The van der Waals surface area contributed by atoms with Gasteiger partial charge in [-0.1, -0.05) is 43.5 Å². The molecule has 0 aliphatic carbocycles. The second-order valence-electron chi connectivity index (χ2n) is 6.11. The van der Waals surface area contributed by atoms with Crippen molar-refractivity contribution in [2.45, 2.75) is 0 Å². The quantitative estimate of drug-likeness (QED) is 0.489. The van der Waals surface area contributed by atoms with E-state index in [-0.39, 0.29) is 0 Å². The zero-order valence-corrected chi connectivity index (χ0v) is 14.9. The van der Waals surface area contributed by atoms with Crippen molar-refractivity contribution in [1.82, 2.24) is 14.8 Å². The van der Waals surface area contributed by atoms with Crippen LogP contribution in [0.5, 0.6) is 0 Å². The fraction of sp³-hybridized carbons (Fsp3) is 0.250. The van der Waals surface area contributed by atoms with Crippen LogP contribution in [0.25, 0.3) is 13.2 Å². The summed E-state index contributed by atoms with van der Waals surface area (Å²) in [6.07, 6.45) is 2.33. The van der Waals surface area contributed by atoms with Crippen molar-refractivity contribution >= 4 is 31.1 Å². The van der Waals surface area contributed by atoms with Crippen LogP contribution in [0.15, 0.2) is 36.5 Å². The number of H-pyrrole nitrogens is 1. The summed E-state index contributed by atoms with van der Waals surface area (Å²) in [6, 6.07) is 9.10. The Morgan fingerprint density at radius 2 is 1.69 bits per heavy atom. The minimum absolute atomic E-state index is 0.323. The number of aromatic amines is 1. The molecule has 1 aromatic heterocycles. The van der Waals surface area contributed by atoms with E-state index >= 15 is 0 Å². The van der Waals surface area contributed by atoms with E-state index in [0.29, 0.717) is 29.2 Å². The Hall–Kier alpha value is -2.99. The maximum atomic E-state index is 12.1. The number of rotatable bonds is 3. The average molecular weight is 353 g/mol. The number of hydrogen-bond donors (Lipinski definition) is 1. The zero-order chi connectivity index (χ0) is 19.1.